The zero-order valence-corrected chi connectivity index (χ0v) is 14.5. The van der Waals surface area contributed by atoms with Gasteiger partial charge in [-0.1, -0.05) is 44.5 Å². The molecule has 0 saturated heterocycles. The first kappa shape index (κ1) is 16.7. The molecule has 0 bridgehead atoms. The molecule has 108 valence electrons. The summed E-state index contributed by atoms with van der Waals surface area (Å²) < 4.78 is 6.34. The lowest BCUT2D eigenvalue weighted by atomic mass is 10.1. The van der Waals surface area contributed by atoms with Gasteiger partial charge in [-0.15, -0.1) is 0 Å². The molecule has 2 atom stereocenters. The summed E-state index contributed by atoms with van der Waals surface area (Å²) in [5.74, 6) is 0. The molecule has 4 heteroatoms. The van der Waals surface area contributed by atoms with Crippen LogP contribution in [0.1, 0.15) is 39.4 Å². The van der Waals surface area contributed by atoms with E-state index >= 15 is 0 Å². The van der Waals surface area contributed by atoms with Gasteiger partial charge >= 0.3 is 0 Å². The Morgan fingerprint density at radius 2 is 1.84 bits per heavy atom. The van der Waals surface area contributed by atoms with E-state index in [9.17, 15) is 5.11 Å². The average Bonchev–Trinajstić information content (AvgIpc) is 2.24. The second-order valence-corrected chi connectivity index (χ2v) is 11.8. The number of rotatable bonds is 4. The smallest absolute Gasteiger partial charge is 0.193 e. The standard InChI is InChI=1S/C15H25ClO2Si/c1-11(17)14(12-8-7-9-13(16)10-12)18-19(5,6)15(2,3)4/h7-11,14,17H,1-6H3/t11?,14-/m0/s1. The lowest BCUT2D eigenvalue weighted by molar-refractivity contribution is 0.0386. The van der Waals surface area contributed by atoms with Crippen LogP contribution in [-0.4, -0.2) is 19.5 Å². The minimum Gasteiger partial charge on any atom is -0.407 e. The van der Waals surface area contributed by atoms with Crippen molar-refractivity contribution in [2.45, 2.75) is 58.0 Å². The highest BCUT2D eigenvalue weighted by Gasteiger charge is 2.40. The summed E-state index contributed by atoms with van der Waals surface area (Å²) >= 11 is 6.03. The maximum atomic E-state index is 10.0. The second kappa shape index (κ2) is 5.96. The molecule has 0 radical (unpaired) electrons. The van der Waals surface area contributed by atoms with Gasteiger partial charge in [0.2, 0.25) is 0 Å². The van der Waals surface area contributed by atoms with Crippen molar-refractivity contribution in [1.82, 2.24) is 0 Å². The molecule has 1 rings (SSSR count). The second-order valence-electron chi connectivity index (χ2n) is 6.59. The van der Waals surface area contributed by atoms with Gasteiger partial charge in [0.25, 0.3) is 0 Å². The Morgan fingerprint density at radius 1 is 1.26 bits per heavy atom. The van der Waals surface area contributed by atoms with Crippen LogP contribution in [-0.2, 0) is 4.43 Å². The molecule has 0 fully saturated rings. The highest BCUT2D eigenvalue weighted by Crippen LogP contribution is 2.40. The van der Waals surface area contributed by atoms with Crippen LogP contribution in [0.4, 0.5) is 0 Å². The van der Waals surface area contributed by atoms with Crippen LogP contribution in [0.5, 0.6) is 0 Å². The van der Waals surface area contributed by atoms with Crippen LogP contribution in [0.3, 0.4) is 0 Å². The monoisotopic (exact) mass is 300 g/mol. The van der Waals surface area contributed by atoms with Crippen LogP contribution < -0.4 is 0 Å². The molecule has 0 saturated carbocycles. The third kappa shape index (κ3) is 4.31. The highest BCUT2D eigenvalue weighted by atomic mass is 35.5. The number of hydrogen-bond donors (Lipinski definition) is 1. The summed E-state index contributed by atoms with van der Waals surface area (Å²) in [6.07, 6.45) is -0.882. The van der Waals surface area contributed by atoms with Crippen molar-refractivity contribution in [3.8, 4) is 0 Å². The first-order chi connectivity index (χ1) is 8.54. The van der Waals surface area contributed by atoms with Gasteiger partial charge in [0.15, 0.2) is 8.32 Å². The van der Waals surface area contributed by atoms with Gasteiger partial charge in [-0.2, -0.15) is 0 Å². The maximum Gasteiger partial charge on any atom is 0.193 e. The van der Waals surface area contributed by atoms with Gasteiger partial charge < -0.3 is 9.53 Å². The first-order valence-corrected chi connectivity index (χ1v) is 9.94. The van der Waals surface area contributed by atoms with E-state index in [1.165, 1.54) is 0 Å². The van der Waals surface area contributed by atoms with Gasteiger partial charge in [-0.3, -0.25) is 0 Å². The van der Waals surface area contributed by atoms with Crippen molar-refractivity contribution in [2.75, 3.05) is 0 Å². The predicted molar refractivity (Wildman–Crippen MR) is 84.2 cm³/mol. The summed E-state index contributed by atoms with van der Waals surface area (Å²) in [5.41, 5.74) is 0.937. The fourth-order valence-corrected chi connectivity index (χ4v) is 3.14. The summed E-state index contributed by atoms with van der Waals surface area (Å²) in [4.78, 5) is 0. The van der Waals surface area contributed by atoms with E-state index in [0.717, 1.165) is 5.56 Å². The molecule has 1 aromatic rings. The molecule has 0 aliphatic rings. The Hall–Kier alpha value is -0.353. The molecule has 0 aromatic heterocycles. The van der Waals surface area contributed by atoms with Crippen LogP contribution in [0.2, 0.25) is 23.2 Å². The molecule has 0 heterocycles. The Balaban J connectivity index is 3.04. The van der Waals surface area contributed by atoms with E-state index in [1.807, 2.05) is 24.3 Å². The van der Waals surface area contributed by atoms with Crippen LogP contribution in [0, 0.1) is 0 Å². The molecule has 0 aliphatic carbocycles. The van der Waals surface area contributed by atoms with Crippen molar-refractivity contribution in [2.24, 2.45) is 0 Å². The SMILES string of the molecule is CC(O)[C@H](O[Si](C)(C)C(C)(C)C)c1cccc(Cl)c1. The fraction of sp³-hybridized carbons (Fsp3) is 0.600. The predicted octanol–water partition coefficient (Wildman–Crippen LogP) is 4.78. The highest BCUT2D eigenvalue weighted by molar-refractivity contribution is 6.74. The number of halogens is 1. The molecule has 0 spiro atoms. The van der Waals surface area contributed by atoms with Gasteiger partial charge in [0.1, 0.15) is 0 Å². The molecule has 19 heavy (non-hydrogen) atoms. The summed E-state index contributed by atoms with van der Waals surface area (Å²) in [6.45, 7) is 12.7. The summed E-state index contributed by atoms with van der Waals surface area (Å²) in [7, 11) is -1.93. The van der Waals surface area contributed by atoms with Gasteiger partial charge in [-0.05, 0) is 42.8 Å². The van der Waals surface area contributed by atoms with Gasteiger partial charge in [-0.25, -0.2) is 0 Å². The third-order valence-electron chi connectivity index (χ3n) is 3.84. The molecule has 0 amide bonds. The quantitative estimate of drug-likeness (QED) is 0.811. The van der Waals surface area contributed by atoms with E-state index in [-0.39, 0.29) is 11.1 Å². The van der Waals surface area contributed by atoms with Crippen molar-refractivity contribution < 1.29 is 9.53 Å². The lowest BCUT2D eigenvalue weighted by Crippen LogP contribution is -2.43. The van der Waals surface area contributed by atoms with Crippen LogP contribution in [0.15, 0.2) is 24.3 Å². The third-order valence-corrected chi connectivity index (χ3v) is 8.53. The first-order valence-electron chi connectivity index (χ1n) is 6.66. The van der Waals surface area contributed by atoms with Gasteiger partial charge in [0, 0.05) is 5.02 Å². The lowest BCUT2D eigenvalue weighted by Gasteiger charge is -2.40. The van der Waals surface area contributed by atoms with E-state index in [0.29, 0.717) is 5.02 Å². The molecule has 0 aliphatic heterocycles. The normalized spacial score (nSPS) is 16.2. The topological polar surface area (TPSA) is 29.5 Å². The van der Waals surface area contributed by atoms with E-state index in [1.54, 1.807) is 6.92 Å². The summed E-state index contributed by atoms with van der Waals surface area (Å²) in [5, 5.41) is 10.8. The minimum atomic E-state index is -1.93. The van der Waals surface area contributed by atoms with E-state index in [2.05, 4.69) is 33.9 Å². The average molecular weight is 301 g/mol. The Labute approximate surface area is 122 Å². The Morgan fingerprint density at radius 3 is 2.26 bits per heavy atom. The Kier molecular flexibility index (Phi) is 5.24. The van der Waals surface area contributed by atoms with Crippen molar-refractivity contribution in [3.63, 3.8) is 0 Å². The minimum absolute atomic E-state index is 0.110. The largest absolute Gasteiger partial charge is 0.407 e. The van der Waals surface area contributed by atoms with E-state index < -0.39 is 14.4 Å². The molecule has 1 aromatic carbocycles. The maximum absolute atomic E-state index is 10.0. The zero-order chi connectivity index (χ0) is 14.8. The number of hydrogen-bond acceptors (Lipinski definition) is 2. The van der Waals surface area contributed by atoms with E-state index in [4.69, 9.17) is 16.0 Å². The van der Waals surface area contributed by atoms with Crippen LogP contribution >= 0.6 is 11.6 Å². The number of aliphatic hydroxyl groups excluding tert-OH is 1. The number of aliphatic hydroxyl groups is 1. The van der Waals surface area contributed by atoms with Crippen molar-refractivity contribution in [3.05, 3.63) is 34.9 Å². The molecular formula is C15H25ClO2Si. The fourth-order valence-electron chi connectivity index (χ4n) is 1.62. The Bertz CT molecular complexity index is 424. The van der Waals surface area contributed by atoms with Crippen molar-refractivity contribution in [1.29, 1.82) is 0 Å². The van der Waals surface area contributed by atoms with Crippen LogP contribution in [0.25, 0.3) is 0 Å². The molecule has 1 unspecified atom stereocenters. The molecule has 1 N–H and O–H groups in total. The van der Waals surface area contributed by atoms with Crippen molar-refractivity contribution >= 4 is 19.9 Å². The molecule has 2 nitrogen and oxygen atoms in total. The van der Waals surface area contributed by atoms with Gasteiger partial charge in [0.05, 0.1) is 12.2 Å². The molecular weight excluding hydrogens is 276 g/mol. The number of benzene rings is 1. The zero-order valence-electron chi connectivity index (χ0n) is 12.7. The summed E-state index contributed by atoms with van der Waals surface area (Å²) in [6, 6.07) is 7.54.